The minimum absolute atomic E-state index is 0.171. The number of rotatable bonds is 4. The fraction of sp³-hybridized carbons (Fsp3) is 0.217. The molecule has 2 N–H and O–H groups in total. The maximum absolute atomic E-state index is 13.3. The average Bonchev–Trinajstić information content (AvgIpc) is 3.23. The first-order valence-corrected chi connectivity index (χ1v) is 10.5. The molecule has 0 unspecified atom stereocenters. The van der Waals surface area contributed by atoms with Gasteiger partial charge >= 0.3 is 0 Å². The van der Waals surface area contributed by atoms with Crippen LogP contribution in [0.4, 0.5) is 14.6 Å². The Morgan fingerprint density at radius 2 is 1.91 bits per heavy atom. The van der Waals surface area contributed by atoms with Gasteiger partial charge in [0.15, 0.2) is 5.82 Å². The first kappa shape index (κ1) is 19.0. The number of fused-ring (bicyclic) bond motifs is 2. The Balaban J connectivity index is 1.60. The number of hydrogen-bond donors (Lipinski definition) is 2. The lowest BCUT2D eigenvalue weighted by atomic mass is 9.97. The van der Waals surface area contributed by atoms with Crippen LogP contribution in [0.5, 0.6) is 0 Å². The molecule has 0 amide bonds. The number of piperazine rings is 1. The van der Waals surface area contributed by atoms with E-state index in [-0.39, 0.29) is 5.69 Å². The van der Waals surface area contributed by atoms with Crippen molar-refractivity contribution in [2.24, 2.45) is 0 Å². The van der Waals surface area contributed by atoms with E-state index in [2.05, 4.69) is 25.2 Å². The summed E-state index contributed by atoms with van der Waals surface area (Å²) in [7, 11) is 0. The lowest BCUT2D eigenvalue weighted by Gasteiger charge is -2.30. The molecule has 1 aliphatic heterocycles. The summed E-state index contributed by atoms with van der Waals surface area (Å²) < 4.78 is 26.6. The van der Waals surface area contributed by atoms with Crippen molar-refractivity contribution in [2.75, 3.05) is 31.1 Å². The predicted octanol–water partition coefficient (Wildman–Crippen LogP) is 3.87. The third-order valence-corrected chi connectivity index (χ3v) is 5.90. The Morgan fingerprint density at radius 1 is 1.06 bits per heavy atom. The molecule has 6 rings (SSSR count). The third-order valence-electron chi connectivity index (χ3n) is 5.90. The molecule has 0 atom stereocenters. The van der Waals surface area contributed by atoms with Crippen molar-refractivity contribution >= 4 is 33.3 Å². The van der Waals surface area contributed by atoms with Crippen molar-refractivity contribution in [3.8, 4) is 11.4 Å². The normalized spacial score (nSPS) is 16.1. The van der Waals surface area contributed by atoms with Gasteiger partial charge in [-0.05, 0) is 17.7 Å². The molecule has 4 aromatic rings. The minimum Gasteiger partial charge on any atom is -0.353 e. The first-order chi connectivity index (χ1) is 15.7. The summed E-state index contributed by atoms with van der Waals surface area (Å²) in [6.07, 6.45) is 8.64. The monoisotopic (exact) mass is 431 g/mol. The van der Waals surface area contributed by atoms with E-state index in [1.807, 2.05) is 24.4 Å². The van der Waals surface area contributed by atoms with E-state index in [0.29, 0.717) is 22.4 Å². The summed E-state index contributed by atoms with van der Waals surface area (Å²) in [5.74, 6) is 1.30. The smallest absolute Gasteiger partial charge is 0.278 e. The van der Waals surface area contributed by atoms with Crippen LogP contribution in [-0.2, 0) is 0 Å². The molecule has 0 spiro atoms. The Kier molecular flexibility index (Phi) is 4.43. The number of allylic oxidation sites excluding steroid dienone is 4. The standard InChI is InChI=1S/C23H19F2N7/c24-20(25)17-10-15-14(4-5-28-21(15)29-17)22-30-18-12-27-11-16(13-2-1-3-13)19(18)23(31-22)32-8-6-26-7-9-32/h1-5,10-12,20,26H,6-9H2,(H,28,29). The lowest BCUT2D eigenvalue weighted by molar-refractivity contribution is 0.147. The van der Waals surface area contributed by atoms with Gasteiger partial charge in [0.1, 0.15) is 11.5 Å². The maximum Gasteiger partial charge on any atom is 0.278 e. The fourth-order valence-electron chi connectivity index (χ4n) is 4.24. The molecule has 9 heteroatoms. The van der Waals surface area contributed by atoms with Crippen LogP contribution in [0.15, 0.2) is 49.0 Å². The number of nitrogens with zero attached hydrogens (tertiary/aromatic N) is 5. The van der Waals surface area contributed by atoms with Gasteiger partial charge in [0, 0.05) is 55.1 Å². The highest BCUT2D eigenvalue weighted by Gasteiger charge is 2.23. The highest BCUT2D eigenvalue weighted by atomic mass is 19.3. The van der Waals surface area contributed by atoms with Gasteiger partial charge < -0.3 is 15.2 Å². The van der Waals surface area contributed by atoms with Crippen LogP contribution in [0.3, 0.4) is 0 Å². The van der Waals surface area contributed by atoms with Crippen LogP contribution in [0.25, 0.3) is 38.9 Å². The lowest BCUT2D eigenvalue weighted by Crippen LogP contribution is -2.44. The molecule has 0 aromatic carbocycles. The van der Waals surface area contributed by atoms with Gasteiger partial charge in [-0.25, -0.2) is 23.7 Å². The molecule has 0 bridgehead atoms. The van der Waals surface area contributed by atoms with Gasteiger partial charge in [-0.2, -0.15) is 0 Å². The number of hydrogen-bond acceptors (Lipinski definition) is 6. The molecular formula is C23H19F2N7. The Bertz CT molecular complexity index is 1400. The van der Waals surface area contributed by atoms with Crippen LogP contribution in [0.1, 0.15) is 17.7 Å². The van der Waals surface area contributed by atoms with Crippen molar-refractivity contribution in [2.45, 2.75) is 6.43 Å². The highest BCUT2D eigenvalue weighted by Crippen LogP contribution is 2.36. The zero-order chi connectivity index (χ0) is 21.7. The molecular weight excluding hydrogens is 412 g/mol. The number of anilines is 1. The SMILES string of the molecule is FC(F)c1cc2c(-c3nc(N4CCNCC4)c4c(C5=CC=C5)cncc4n3)ccnc2[nH]1. The maximum atomic E-state index is 13.3. The third kappa shape index (κ3) is 3.04. The molecule has 32 heavy (non-hydrogen) atoms. The Labute approximate surface area is 181 Å². The van der Waals surface area contributed by atoms with E-state index >= 15 is 0 Å². The Morgan fingerprint density at radius 3 is 2.66 bits per heavy atom. The molecule has 1 saturated heterocycles. The summed E-state index contributed by atoms with van der Waals surface area (Å²) in [4.78, 5) is 23.4. The summed E-state index contributed by atoms with van der Waals surface area (Å²) >= 11 is 0. The second-order valence-electron chi connectivity index (χ2n) is 7.82. The number of H-pyrrole nitrogens is 1. The predicted molar refractivity (Wildman–Crippen MR) is 120 cm³/mol. The van der Waals surface area contributed by atoms with Gasteiger partial charge in [-0.15, -0.1) is 0 Å². The largest absolute Gasteiger partial charge is 0.353 e. The zero-order valence-electron chi connectivity index (χ0n) is 17.0. The van der Waals surface area contributed by atoms with E-state index in [1.54, 1.807) is 18.5 Å². The summed E-state index contributed by atoms with van der Waals surface area (Å²) in [6, 6.07) is 3.20. The van der Waals surface area contributed by atoms with E-state index < -0.39 is 6.43 Å². The summed E-state index contributed by atoms with van der Waals surface area (Å²) in [5, 5.41) is 4.90. The van der Waals surface area contributed by atoms with Crippen LogP contribution >= 0.6 is 0 Å². The van der Waals surface area contributed by atoms with Crippen molar-refractivity contribution in [1.82, 2.24) is 30.2 Å². The van der Waals surface area contributed by atoms with Crippen molar-refractivity contribution in [1.29, 1.82) is 0 Å². The second kappa shape index (κ2) is 7.45. The number of pyridine rings is 2. The number of aromatic nitrogens is 5. The van der Waals surface area contributed by atoms with Crippen LogP contribution in [0, 0.1) is 0 Å². The second-order valence-corrected chi connectivity index (χ2v) is 7.82. The van der Waals surface area contributed by atoms with E-state index in [1.165, 1.54) is 6.07 Å². The van der Waals surface area contributed by atoms with E-state index in [4.69, 9.17) is 9.97 Å². The number of halogens is 2. The van der Waals surface area contributed by atoms with Crippen molar-refractivity contribution in [3.63, 3.8) is 0 Å². The first-order valence-electron chi connectivity index (χ1n) is 10.5. The van der Waals surface area contributed by atoms with Gasteiger partial charge in [0.05, 0.1) is 22.8 Å². The Hall–Kier alpha value is -3.72. The number of nitrogens with one attached hydrogen (secondary N) is 2. The van der Waals surface area contributed by atoms with Crippen molar-refractivity contribution < 1.29 is 8.78 Å². The van der Waals surface area contributed by atoms with Crippen LogP contribution < -0.4 is 10.2 Å². The molecule has 7 nitrogen and oxygen atoms in total. The number of aromatic amines is 1. The number of alkyl halides is 2. The van der Waals surface area contributed by atoms with Gasteiger partial charge in [0.25, 0.3) is 6.43 Å². The molecule has 0 radical (unpaired) electrons. The molecule has 4 aromatic heterocycles. The molecule has 1 fully saturated rings. The molecule has 160 valence electrons. The van der Waals surface area contributed by atoms with Gasteiger partial charge in [0.2, 0.25) is 0 Å². The quantitative estimate of drug-likeness (QED) is 0.511. The topological polar surface area (TPSA) is 82.6 Å². The summed E-state index contributed by atoms with van der Waals surface area (Å²) in [6.45, 7) is 3.35. The van der Waals surface area contributed by atoms with Gasteiger partial charge in [-0.3, -0.25) is 4.98 Å². The minimum atomic E-state index is -2.61. The van der Waals surface area contributed by atoms with E-state index in [9.17, 15) is 8.78 Å². The average molecular weight is 431 g/mol. The van der Waals surface area contributed by atoms with Crippen molar-refractivity contribution in [3.05, 3.63) is 60.2 Å². The van der Waals surface area contributed by atoms with E-state index in [0.717, 1.165) is 54.0 Å². The fourth-order valence-corrected chi connectivity index (χ4v) is 4.24. The van der Waals surface area contributed by atoms with Crippen LogP contribution in [0.2, 0.25) is 0 Å². The molecule has 5 heterocycles. The zero-order valence-corrected chi connectivity index (χ0v) is 17.0. The molecule has 1 aliphatic carbocycles. The van der Waals surface area contributed by atoms with Crippen LogP contribution in [-0.4, -0.2) is 51.1 Å². The highest BCUT2D eigenvalue weighted by molar-refractivity contribution is 6.03. The summed E-state index contributed by atoms with van der Waals surface area (Å²) in [5.41, 5.74) is 3.68. The van der Waals surface area contributed by atoms with Gasteiger partial charge in [-0.1, -0.05) is 18.2 Å². The molecule has 2 aliphatic rings. The molecule has 0 saturated carbocycles.